The van der Waals surface area contributed by atoms with E-state index >= 15 is 0 Å². The molecule has 1 heterocycles. The number of benzene rings is 2. The molecule has 1 aromatic heterocycles. The second-order valence-corrected chi connectivity index (χ2v) is 6.43. The van der Waals surface area contributed by atoms with Crippen LogP contribution >= 0.6 is 11.6 Å². The summed E-state index contributed by atoms with van der Waals surface area (Å²) in [5.74, 6) is -0.583. The van der Waals surface area contributed by atoms with Crippen LogP contribution < -0.4 is 0 Å². The first-order valence-corrected chi connectivity index (χ1v) is 8.48. The molecule has 0 aliphatic carbocycles. The lowest BCUT2D eigenvalue weighted by atomic mass is 10.0. The molecule has 0 N–H and O–H groups in total. The lowest BCUT2D eigenvalue weighted by Gasteiger charge is -2.08. The predicted octanol–water partition coefficient (Wildman–Crippen LogP) is 5.15. The maximum atomic E-state index is 12.8. The number of carbonyl (C=O) groups is 1. The molecule has 0 aliphatic rings. The van der Waals surface area contributed by atoms with Gasteiger partial charge in [0.15, 0.2) is 5.78 Å². The molecule has 0 amide bonds. The van der Waals surface area contributed by atoms with E-state index in [0.29, 0.717) is 0 Å². The molecular weight excluding hydrogens is 411 g/mol. The number of alkyl halides is 3. The molecule has 2 aromatic carbocycles. The first-order valence-electron chi connectivity index (χ1n) is 8.11. The number of ketones is 1. The Morgan fingerprint density at radius 2 is 1.86 bits per heavy atom. The Hall–Kier alpha value is -3.33. The Morgan fingerprint density at radius 1 is 1.10 bits per heavy atom. The average molecular weight is 422 g/mol. The van der Waals surface area contributed by atoms with Crippen molar-refractivity contribution in [3.05, 3.63) is 86.8 Å². The first-order chi connectivity index (χ1) is 13.6. The smallest absolute Gasteiger partial charge is 0.293 e. The van der Waals surface area contributed by atoms with Crippen molar-refractivity contribution in [2.75, 3.05) is 0 Å². The zero-order chi connectivity index (χ0) is 21.2. The Kier molecular flexibility index (Phi) is 5.60. The maximum absolute atomic E-state index is 12.8. The Balaban J connectivity index is 1.83. The molecule has 0 unspecified atom stereocenters. The third-order valence-corrected chi connectivity index (χ3v) is 4.22. The minimum absolute atomic E-state index is 0.161. The van der Waals surface area contributed by atoms with Gasteiger partial charge in [0.1, 0.15) is 0 Å². The normalized spacial score (nSPS) is 11.3. The fraction of sp³-hybridized carbons (Fsp3) is 0.105. The highest BCUT2D eigenvalue weighted by Gasteiger charge is 2.30. The van der Waals surface area contributed by atoms with Crippen molar-refractivity contribution in [3.8, 4) is 11.3 Å². The van der Waals surface area contributed by atoms with Gasteiger partial charge in [-0.15, -0.1) is 0 Å². The van der Waals surface area contributed by atoms with E-state index < -0.39 is 22.4 Å². The zero-order valence-electron chi connectivity index (χ0n) is 14.5. The summed E-state index contributed by atoms with van der Waals surface area (Å²) >= 11 is 5.82. The number of aromatic nitrogens is 2. The van der Waals surface area contributed by atoms with Crippen LogP contribution in [-0.2, 0) is 12.6 Å². The van der Waals surface area contributed by atoms with Crippen molar-refractivity contribution in [1.29, 1.82) is 0 Å². The maximum Gasteiger partial charge on any atom is 0.416 e. The summed E-state index contributed by atoms with van der Waals surface area (Å²) in [6, 6.07) is 8.26. The number of nitrogens with zero attached hydrogens (tertiary/aromatic N) is 3. The van der Waals surface area contributed by atoms with Gasteiger partial charge in [-0.25, -0.2) is 0 Å². The summed E-state index contributed by atoms with van der Waals surface area (Å²) in [7, 11) is 0. The number of hydrogen-bond acceptors (Lipinski definition) is 5. The Morgan fingerprint density at radius 3 is 2.48 bits per heavy atom. The minimum Gasteiger partial charge on any atom is -0.293 e. The molecule has 0 atom stereocenters. The summed E-state index contributed by atoms with van der Waals surface area (Å²) < 4.78 is 38.5. The Bertz CT molecular complexity index is 1090. The van der Waals surface area contributed by atoms with Gasteiger partial charge in [0, 0.05) is 22.8 Å². The molecule has 0 fully saturated rings. The molecular formula is C19H11ClF3N3O3. The standard InChI is InChI=1S/C19H11ClF3N3O3/c20-13-4-5-17(26(28)29)15(7-13)18(27)8-14-9-25-16(10-24-14)11-2-1-3-12(6-11)19(21,22)23/h1-7,9-10H,8H2. The summed E-state index contributed by atoms with van der Waals surface area (Å²) in [6.45, 7) is 0. The van der Waals surface area contributed by atoms with Crippen LogP contribution in [0.4, 0.5) is 18.9 Å². The molecule has 3 aromatic rings. The van der Waals surface area contributed by atoms with E-state index in [0.717, 1.165) is 18.2 Å². The lowest BCUT2D eigenvalue weighted by molar-refractivity contribution is -0.385. The predicted molar refractivity (Wildman–Crippen MR) is 98.6 cm³/mol. The van der Waals surface area contributed by atoms with E-state index in [4.69, 9.17) is 11.6 Å². The minimum atomic E-state index is -4.48. The van der Waals surface area contributed by atoms with E-state index in [9.17, 15) is 28.1 Å². The van der Waals surface area contributed by atoms with Crippen LogP contribution in [0.2, 0.25) is 5.02 Å². The van der Waals surface area contributed by atoms with Crippen molar-refractivity contribution < 1.29 is 22.9 Å². The van der Waals surface area contributed by atoms with Crippen molar-refractivity contribution in [1.82, 2.24) is 9.97 Å². The van der Waals surface area contributed by atoms with Gasteiger partial charge < -0.3 is 0 Å². The van der Waals surface area contributed by atoms with E-state index in [1.54, 1.807) is 0 Å². The Labute approximate surface area is 167 Å². The second-order valence-electron chi connectivity index (χ2n) is 5.99. The van der Waals surface area contributed by atoms with Gasteiger partial charge in [-0.05, 0) is 24.3 Å². The highest BCUT2D eigenvalue weighted by molar-refractivity contribution is 6.31. The highest BCUT2D eigenvalue weighted by atomic mass is 35.5. The second kappa shape index (κ2) is 7.96. The average Bonchev–Trinajstić information content (AvgIpc) is 2.67. The van der Waals surface area contributed by atoms with Crippen LogP contribution in [0.1, 0.15) is 21.6 Å². The summed E-state index contributed by atoms with van der Waals surface area (Å²) in [4.78, 5) is 30.9. The number of rotatable bonds is 5. The number of carbonyl (C=O) groups excluding carboxylic acids is 1. The number of halogens is 4. The molecule has 3 rings (SSSR count). The fourth-order valence-corrected chi connectivity index (χ4v) is 2.77. The monoisotopic (exact) mass is 421 g/mol. The summed E-state index contributed by atoms with van der Waals surface area (Å²) in [5.41, 5.74) is -0.736. The molecule has 0 saturated heterocycles. The molecule has 6 nitrogen and oxygen atoms in total. The molecule has 0 aliphatic heterocycles. The summed E-state index contributed by atoms with van der Waals surface area (Å²) in [5, 5.41) is 11.3. The van der Waals surface area contributed by atoms with Crippen LogP contribution in [0, 0.1) is 10.1 Å². The molecule has 148 valence electrons. The third-order valence-electron chi connectivity index (χ3n) is 3.99. The largest absolute Gasteiger partial charge is 0.416 e. The van der Waals surface area contributed by atoms with E-state index in [1.807, 2.05) is 0 Å². The number of Topliss-reactive ketones (excluding diaryl/α,β-unsaturated/α-hetero) is 1. The molecule has 0 saturated carbocycles. The van der Waals surface area contributed by atoms with Gasteiger partial charge in [0.2, 0.25) is 0 Å². The summed E-state index contributed by atoms with van der Waals surface area (Å²) in [6.07, 6.45) is -2.28. The topological polar surface area (TPSA) is 86.0 Å². The van der Waals surface area contributed by atoms with Crippen LogP contribution in [0.15, 0.2) is 54.9 Å². The molecule has 0 bridgehead atoms. The number of nitro groups is 1. The van der Waals surface area contributed by atoms with Gasteiger partial charge in [-0.3, -0.25) is 24.9 Å². The highest BCUT2D eigenvalue weighted by Crippen LogP contribution is 2.31. The molecule has 0 spiro atoms. The number of hydrogen-bond donors (Lipinski definition) is 0. The van der Waals surface area contributed by atoms with Crippen LogP contribution in [0.5, 0.6) is 0 Å². The van der Waals surface area contributed by atoms with E-state index in [1.165, 1.54) is 36.7 Å². The van der Waals surface area contributed by atoms with E-state index in [2.05, 4.69) is 9.97 Å². The van der Waals surface area contributed by atoms with Crippen LogP contribution in [0.3, 0.4) is 0 Å². The quantitative estimate of drug-likeness (QED) is 0.323. The molecule has 0 radical (unpaired) electrons. The third kappa shape index (κ3) is 4.75. The molecule has 29 heavy (non-hydrogen) atoms. The van der Waals surface area contributed by atoms with Crippen molar-refractivity contribution in [2.45, 2.75) is 12.6 Å². The van der Waals surface area contributed by atoms with Crippen molar-refractivity contribution >= 4 is 23.1 Å². The van der Waals surface area contributed by atoms with Gasteiger partial charge >= 0.3 is 6.18 Å². The van der Waals surface area contributed by atoms with Gasteiger partial charge in [0.25, 0.3) is 5.69 Å². The van der Waals surface area contributed by atoms with Crippen LogP contribution in [0.25, 0.3) is 11.3 Å². The van der Waals surface area contributed by atoms with E-state index in [-0.39, 0.29) is 39.6 Å². The van der Waals surface area contributed by atoms with Crippen molar-refractivity contribution in [2.24, 2.45) is 0 Å². The van der Waals surface area contributed by atoms with Crippen molar-refractivity contribution in [3.63, 3.8) is 0 Å². The number of nitro benzene ring substituents is 1. The molecule has 10 heteroatoms. The SMILES string of the molecule is O=C(Cc1cnc(-c2cccc(C(F)(F)F)c2)cn1)c1cc(Cl)ccc1[N+](=O)[O-]. The van der Waals surface area contributed by atoms with Gasteiger partial charge in [0.05, 0.1) is 40.1 Å². The first kappa shape index (κ1) is 20.4. The van der Waals surface area contributed by atoms with Gasteiger partial charge in [-0.2, -0.15) is 13.2 Å². The lowest BCUT2D eigenvalue weighted by Crippen LogP contribution is -2.09. The van der Waals surface area contributed by atoms with Gasteiger partial charge in [-0.1, -0.05) is 23.7 Å². The van der Waals surface area contributed by atoms with Crippen LogP contribution in [-0.4, -0.2) is 20.7 Å². The zero-order valence-corrected chi connectivity index (χ0v) is 15.2. The fourth-order valence-electron chi connectivity index (χ4n) is 2.60.